The summed E-state index contributed by atoms with van der Waals surface area (Å²) in [6.07, 6.45) is 1.81. The molecule has 7 nitrogen and oxygen atoms in total. The number of nitrogens with two attached hydrogens (primary N) is 1. The lowest BCUT2D eigenvalue weighted by atomic mass is 10.2. The van der Waals surface area contributed by atoms with Crippen molar-refractivity contribution < 1.29 is 0 Å². The largest absolute Gasteiger partial charge is 0.320 e. The number of hydrogen-bond acceptors (Lipinski definition) is 4. The zero-order valence-corrected chi connectivity index (χ0v) is 11.3. The van der Waals surface area contributed by atoms with Crippen LogP contribution in [0.1, 0.15) is 12.1 Å². The molecular formula is C14H14N6O. The molecular weight excluding hydrogens is 268 g/mol. The number of H-pyrrole nitrogens is 1. The van der Waals surface area contributed by atoms with Crippen LogP contribution >= 0.6 is 0 Å². The Balaban J connectivity index is 2.11. The van der Waals surface area contributed by atoms with Crippen molar-refractivity contribution in [1.82, 2.24) is 19.3 Å². The van der Waals surface area contributed by atoms with Crippen LogP contribution in [0.4, 0.5) is 0 Å². The predicted molar refractivity (Wildman–Crippen MR) is 77.8 cm³/mol. The first-order valence-electron chi connectivity index (χ1n) is 6.83. The number of hydrogen-bond donors (Lipinski definition) is 2. The lowest BCUT2D eigenvalue weighted by Gasteiger charge is -2.03. The minimum Gasteiger partial charge on any atom is -0.320 e. The summed E-state index contributed by atoms with van der Waals surface area (Å²) in [5.74, 6) is 5.41. The first kappa shape index (κ1) is 12.0. The fraction of sp³-hybridized carbons (Fsp3) is 0.214. The molecule has 21 heavy (non-hydrogen) atoms. The molecule has 1 aliphatic rings. The molecule has 4 rings (SSSR count). The average Bonchev–Trinajstić information content (AvgIpc) is 3.12. The maximum atomic E-state index is 12.7. The number of nitrogens with one attached hydrogen (secondary N) is 1. The number of aryl methyl sites for hydroxylation is 1. The highest BCUT2D eigenvalue weighted by Crippen LogP contribution is 2.18. The lowest BCUT2D eigenvalue weighted by molar-refractivity contribution is 0.678. The second-order valence-electron chi connectivity index (χ2n) is 5.05. The highest BCUT2D eigenvalue weighted by molar-refractivity contribution is 5.77. The first-order chi connectivity index (χ1) is 10.3. The maximum Gasteiger partial charge on any atom is 0.282 e. The summed E-state index contributed by atoms with van der Waals surface area (Å²) in [6.45, 7) is 0.796. The molecule has 106 valence electrons. The van der Waals surface area contributed by atoms with Gasteiger partial charge in [0.25, 0.3) is 5.56 Å². The van der Waals surface area contributed by atoms with Crippen molar-refractivity contribution in [3.05, 3.63) is 52.0 Å². The molecule has 0 atom stereocenters. The summed E-state index contributed by atoms with van der Waals surface area (Å²) in [5, 5.41) is 7.40. The van der Waals surface area contributed by atoms with Gasteiger partial charge in [-0.25, -0.2) is 4.68 Å². The van der Waals surface area contributed by atoms with E-state index in [-0.39, 0.29) is 5.56 Å². The molecule has 3 N–H and O–H groups in total. The zero-order chi connectivity index (χ0) is 14.4. The van der Waals surface area contributed by atoms with Gasteiger partial charge in [0.1, 0.15) is 5.39 Å². The summed E-state index contributed by atoms with van der Waals surface area (Å²) in [6, 6.07) is 9.44. The Morgan fingerprint density at radius 1 is 1.29 bits per heavy atom. The summed E-state index contributed by atoms with van der Waals surface area (Å²) in [4.78, 5) is 17.1. The van der Waals surface area contributed by atoms with Crippen LogP contribution in [-0.4, -0.2) is 19.3 Å². The number of benzene rings is 1. The predicted octanol–water partition coefficient (Wildman–Crippen LogP) is 0.236. The highest BCUT2D eigenvalue weighted by atomic mass is 16.1. The Bertz CT molecular complexity index is 947. The van der Waals surface area contributed by atoms with E-state index in [2.05, 4.69) is 15.2 Å². The summed E-state index contributed by atoms with van der Waals surface area (Å²) >= 11 is 0. The Morgan fingerprint density at radius 2 is 2.10 bits per heavy atom. The molecule has 0 amide bonds. The lowest BCUT2D eigenvalue weighted by Crippen LogP contribution is -2.26. The van der Waals surface area contributed by atoms with Gasteiger partial charge in [0.2, 0.25) is 5.62 Å². The normalized spacial score (nSPS) is 14.8. The van der Waals surface area contributed by atoms with Crippen molar-refractivity contribution in [2.45, 2.75) is 19.4 Å². The van der Waals surface area contributed by atoms with E-state index in [1.165, 1.54) is 4.68 Å². The van der Waals surface area contributed by atoms with Gasteiger partial charge in [-0.3, -0.25) is 9.89 Å². The van der Waals surface area contributed by atoms with Gasteiger partial charge >= 0.3 is 0 Å². The van der Waals surface area contributed by atoms with Gasteiger partial charge in [0.05, 0.1) is 5.69 Å². The first-order valence-corrected chi connectivity index (χ1v) is 6.83. The number of nitrogens with zero attached hydrogens (tertiary/aromatic N) is 4. The molecule has 1 aromatic carbocycles. The Morgan fingerprint density at radius 3 is 2.86 bits per heavy atom. The number of aromatic nitrogens is 4. The van der Waals surface area contributed by atoms with Crippen LogP contribution in [-0.2, 0) is 13.0 Å². The number of aromatic amines is 1. The van der Waals surface area contributed by atoms with Gasteiger partial charge in [-0.1, -0.05) is 18.2 Å². The fourth-order valence-electron chi connectivity index (χ4n) is 2.94. The van der Waals surface area contributed by atoms with Crippen LogP contribution in [0.5, 0.6) is 0 Å². The zero-order valence-electron chi connectivity index (χ0n) is 11.3. The van der Waals surface area contributed by atoms with Crippen LogP contribution in [0.3, 0.4) is 0 Å². The van der Waals surface area contributed by atoms with Gasteiger partial charge < -0.3 is 10.4 Å². The molecule has 0 saturated heterocycles. The van der Waals surface area contributed by atoms with Gasteiger partial charge in [0, 0.05) is 12.2 Å². The van der Waals surface area contributed by atoms with Crippen molar-refractivity contribution in [3.8, 4) is 5.69 Å². The molecule has 7 heteroatoms. The van der Waals surface area contributed by atoms with E-state index in [1.54, 1.807) is 0 Å². The fourth-order valence-corrected chi connectivity index (χ4v) is 2.94. The van der Waals surface area contributed by atoms with Crippen molar-refractivity contribution >= 4 is 11.0 Å². The van der Waals surface area contributed by atoms with Crippen molar-refractivity contribution in [2.24, 2.45) is 10.9 Å². The molecule has 1 aliphatic heterocycles. The van der Waals surface area contributed by atoms with Crippen molar-refractivity contribution in [3.63, 3.8) is 0 Å². The van der Waals surface area contributed by atoms with E-state index < -0.39 is 0 Å². The van der Waals surface area contributed by atoms with Gasteiger partial charge in [0.15, 0.2) is 5.65 Å². The van der Waals surface area contributed by atoms with Crippen LogP contribution in [0.25, 0.3) is 16.7 Å². The van der Waals surface area contributed by atoms with Gasteiger partial charge in [-0.15, -0.1) is 5.10 Å². The third-order valence-electron chi connectivity index (χ3n) is 3.86. The number of rotatable bonds is 1. The Hall–Kier alpha value is -2.83. The molecule has 2 aromatic heterocycles. The smallest absolute Gasteiger partial charge is 0.282 e. The molecule has 0 unspecified atom stereocenters. The minimum atomic E-state index is -0.0853. The summed E-state index contributed by atoms with van der Waals surface area (Å²) in [7, 11) is 0. The van der Waals surface area contributed by atoms with Crippen LogP contribution in [0, 0.1) is 0 Å². The molecule has 0 spiro atoms. The Labute approximate surface area is 119 Å². The summed E-state index contributed by atoms with van der Waals surface area (Å²) in [5.41, 5.74) is 2.64. The van der Waals surface area contributed by atoms with Gasteiger partial charge in [-0.2, -0.15) is 4.98 Å². The summed E-state index contributed by atoms with van der Waals surface area (Å²) < 4.78 is 3.43. The third-order valence-corrected chi connectivity index (χ3v) is 3.86. The second-order valence-corrected chi connectivity index (χ2v) is 5.05. The van der Waals surface area contributed by atoms with E-state index in [4.69, 9.17) is 5.84 Å². The number of fused-ring (bicyclic) bond motifs is 3. The molecule has 0 fully saturated rings. The van der Waals surface area contributed by atoms with E-state index >= 15 is 0 Å². The van der Waals surface area contributed by atoms with Gasteiger partial charge in [-0.05, 0) is 25.0 Å². The van der Waals surface area contributed by atoms with E-state index in [0.29, 0.717) is 16.7 Å². The SMILES string of the molecule is N/N=c1/nc2[nH]n(-c3ccccc3)c(=O)c2c2n1CCC2. The Kier molecular flexibility index (Phi) is 2.47. The molecule has 0 radical (unpaired) electrons. The monoisotopic (exact) mass is 282 g/mol. The molecule has 0 saturated carbocycles. The quantitative estimate of drug-likeness (QED) is 0.494. The second kappa shape index (κ2) is 4.34. The maximum absolute atomic E-state index is 12.7. The molecule has 3 heterocycles. The topological polar surface area (TPSA) is 94.0 Å². The number of para-hydroxylation sites is 1. The van der Waals surface area contributed by atoms with Crippen LogP contribution < -0.4 is 17.0 Å². The van der Waals surface area contributed by atoms with Crippen LogP contribution in [0.15, 0.2) is 40.2 Å². The molecule has 0 bridgehead atoms. The van der Waals surface area contributed by atoms with E-state index in [9.17, 15) is 4.79 Å². The van der Waals surface area contributed by atoms with Crippen molar-refractivity contribution in [1.29, 1.82) is 0 Å². The third kappa shape index (κ3) is 1.63. The van der Waals surface area contributed by atoms with E-state index in [0.717, 1.165) is 30.8 Å². The van der Waals surface area contributed by atoms with E-state index in [1.807, 2.05) is 34.9 Å². The minimum absolute atomic E-state index is 0.0853. The highest BCUT2D eigenvalue weighted by Gasteiger charge is 2.21. The molecule has 0 aliphatic carbocycles. The average molecular weight is 282 g/mol. The standard InChI is InChI=1S/C14H14N6O/c15-17-14-16-12-11(10-7-4-8-19(10)14)13(21)20(18-12)9-5-2-1-3-6-9/h1-3,5-6H,4,7-8,15H2,(H,16,17,18). The molecule has 3 aromatic rings. The van der Waals surface area contributed by atoms with Crippen molar-refractivity contribution in [2.75, 3.05) is 0 Å². The van der Waals surface area contributed by atoms with Crippen LogP contribution in [0.2, 0.25) is 0 Å².